The molecule has 5 aliphatic rings. The second kappa shape index (κ2) is 25.1. The molecule has 2 saturated carbocycles. The zero-order valence-electron chi connectivity index (χ0n) is 52.9. The number of hydrogen-bond donors (Lipinski definition) is 2. The molecule has 18 heteroatoms. The van der Waals surface area contributed by atoms with Crippen molar-refractivity contribution in [1.29, 1.82) is 0 Å². The highest BCUT2D eigenvalue weighted by Crippen LogP contribution is 2.58. The number of nitrogen functional groups attached to an aromatic ring is 1. The number of imide groups is 1. The molecule has 6 atom stereocenters. The van der Waals surface area contributed by atoms with Crippen molar-refractivity contribution in [1.82, 2.24) is 35.0 Å². The van der Waals surface area contributed by atoms with Gasteiger partial charge < -0.3 is 25.4 Å². The van der Waals surface area contributed by atoms with Crippen LogP contribution in [0.4, 0.5) is 10.3 Å². The van der Waals surface area contributed by atoms with Gasteiger partial charge in [-0.25, -0.2) is 34.7 Å². The molecule has 3 N–H and O–H groups in total. The number of aromatic nitrogens is 6. The number of ether oxygens (including phenoxy) is 2. The molecule has 3 fully saturated rings. The third-order valence-electron chi connectivity index (χ3n) is 18.6. The van der Waals surface area contributed by atoms with E-state index in [1.54, 1.807) is 0 Å². The van der Waals surface area contributed by atoms with Crippen molar-refractivity contribution in [3.8, 4) is 11.5 Å². The number of anilines is 2. The van der Waals surface area contributed by atoms with Gasteiger partial charge in [-0.3, -0.25) is 14.4 Å². The summed E-state index contributed by atoms with van der Waals surface area (Å²) >= 11 is 3.00. The third-order valence-corrected chi connectivity index (χ3v) is 20.4. The van der Waals surface area contributed by atoms with E-state index in [0.29, 0.717) is 39.0 Å². The van der Waals surface area contributed by atoms with Crippen molar-refractivity contribution in [2.24, 2.45) is 23.7 Å². The Morgan fingerprint density at radius 1 is 0.511 bits per heavy atom. The van der Waals surface area contributed by atoms with Crippen molar-refractivity contribution in [3.63, 3.8) is 0 Å². The van der Waals surface area contributed by atoms with Gasteiger partial charge in [0.05, 0.1) is 64.6 Å². The van der Waals surface area contributed by atoms with Crippen molar-refractivity contribution in [3.05, 3.63) is 157 Å². The SMILES string of the molecule is CC(=O)Nc1nc2ccccc2s1.CC(=O)ON1C(=O)CCC1=O.C[C@H]1CC[C@H]2[C@H](C1)c1c(c3ccccc3c3nc4ccccc4nc13)OC2(C)C.C[C@H]1CC[C@H]2[C@H](C1)c1c(c3ccccc3c3nc4ccccc4nc13)OC2(C)C.Nc1nc2ccccc2s1. The summed E-state index contributed by atoms with van der Waals surface area (Å²) in [7, 11) is 0. The Morgan fingerprint density at radius 3 is 1.30 bits per heavy atom. The summed E-state index contributed by atoms with van der Waals surface area (Å²) < 4.78 is 15.8. The first-order valence-electron chi connectivity index (χ1n) is 31.7. The highest BCUT2D eigenvalue weighted by Gasteiger charge is 2.49. The average Bonchev–Trinajstić information content (AvgIpc) is 1.19. The fraction of sp³-hybridized carbons (Fsp3) is 0.324. The van der Waals surface area contributed by atoms with Crippen LogP contribution in [0.25, 0.3) is 86.1 Å². The molecule has 12 aromatic rings. The van der Waals surface area contributed by atoms with Gasteiger partial charge in [-0.15, -0.1) is 5.06 Å². The van der Waals surface area contributed by atoms with E-state index in [1.807, 2.05) is 72.8 Å². The normalized spacial score (nSPS) is 20.8. The number of rotatable bonds is 2. The summed E-state index contributed by atoms with van der Waals surface area (Å²) in [5.74, 6) is 3.87. The summed E-state index contributed by atoms with van der Waals surface area (Å²) in [4.78, 5) is 75.7. The number of benzene rings is 8. The standard InChI is InChI=1S/2C26H26N2O.C9H8N2OS.C7H6N2S.C6H7NO4/c2*1-15-12-13-19-18(14-15)22-24-23(27-20-10-6-7-11-21(20)28-24)16-8-4-5-9-17(16)25(22)29-26(19,2)3;1-6(12)10-9-11-7-4-2-3-5-8(7)13-9;8-7-9-5-3-1-2-4-6(5)10-7;1-4(8)11-7-5(9)2-3-6(7)10/h2*4-11,15,18-19H,12-14H2,1-3H3;2-5H,1H3,(H,10,11,12);1-4H,(H2,8,9);2-3H2,1H3/t2*15-,18-,19-;;;/m00.../s1. The molecule has 7 heterocycles. The number of carbonyl (C=O) groups excluding carboxylic acids is 4. The van der Waals surface area contributed by atoms with Crippen LogP contribution in [0.5, 0.6) is 11.5 Å². The van der Waals surface area contributed by atoms with Crippen LogP contribution in [0.15, 0.2) is 146 Å². The summed E-state index contributed by atoms with van der Waals surface area (Å²) in [5, 5.41) is 9.09. The Kier molecular flexibility index (Phi) is 16.8. The smallest absolute Gasteiger partial charge is 0.330 e. The van der Waals surface area contributed by atoms with E-state index >= 15 is 0 Å². The molecule has 2 aliphatic carbocycles. The van der Waals surface area contributed by atoms with Gasteiger partial charge in [-0.05, 0) is 126 Å². The number of amides is 3. The van der Waals surface area contributed by atoms with Crippen LogP contribution in [-0.4, -0.2) is 69.9 Å². The molecule has 0 unspecified atom stereocenters. The quantitative estimate of drug-likeness (QED) is 0.0936. The van der Waals surface area contributed by atoms with Crippen molar-refractivity contribution in [2.75, 3.05) is 11.1 Å². The maximum Gasteiger partial charge on any atom is 0.330 e. The first-order valence-corrected chi connectivity index (χ1v) is 33.3. The number of hydrogen-bond acceptors (Lipinski definition) is 16. The second-order valence-corrected chi connectivity index (χ2v) is 28.0. The van der Waals surface area contributed by atoms with E-state index in [1.165, 1.54) is 90.0 Å². The lowest BCUT2D eigenvalue weighted by Crippen LogP contribution is -2.46. The molecule has 1 saturated heterocycles. The minimum absolute atomic E-state index is 0.0842. The van der Waals surface area contributed by atoms with Gasteiger partial charge in [-0.1, -0.05) is 146 Å². The lowest BCUT2D eigenvalue weighted by atomic mass is 9.64. The highest BCUT2D eigenvalue weighted by molar-refractivity contribution is 7.22. The highest BCUT2D eigenvalue weighted by atomic mass is 32.1. The van der Waals surface area contributed by atoms with Crippen molar-refractivity contribution in [2.45, 2.75) is 130 Å². The van der Waals surface area contributed by atoms with Crippen LogP contribution in [0.3, 0.4) is 0 Å². The van der Waals surface area contributed by atoms with E-state index < -0.39 is 17.8 Å². The Bertz CT molecular complexity index is 4590. The van der Waals surface area contributed by atoms with E-state index in [-0.39, 0.29) is 30.0 Å². The Labute approximate surface area is 540 Å². The zero-order chi connectivity index (χ0) is 64.2. The van der Waals surface area contributed by atoms with Gasteiger partial charge in [0, 0.05) is 71.2 Å². The molecule has 468 valence electrons. The molecule has 0 spiro atoms. The number of hydroxylamine groups is 2. The van der Waals surface area contributed by atoms with Crippen LogP contribution in [-0.2, 0) is 24.0 Å². The summed E-state index contributed by atoms with van der Waals surface area (Å²) in [6.45, 7) is 16.5. The second-order valence-electron chi connectivity index (χ2n) is 25.9. The minimum Gasteiger partial charge on any atom is -0.487 e. The van der Waals surface area contributed by atoms with Gasteiger partial charge in [0.2, 0.25) is 5.91 Å². The number of para-hydroxylation sites is 6. The first-order chi connectivity index (χ1) is 44.3. The first kappa shape index (κ1) is 61.6. The fourth-order valence-corrected chi connectivity index (χ4v) is 16.1. The topological polar surface area (TPSA) is 215 Å². The lowest BCUT2D eigenvalue weighted by molar-refractivity contribution is -0.195. The lowest BCUT2D eigenvalue weighted by Gasteiger charge is -2.49. The average molecular weight is 1260 g/mol. The van der Waals surface area contributed by atoms with Gasteiger partial charge >= 0.3 is 5.97 Å². The Hall–Kier alpha value is -9.26. The number of nitrogens with two attached hydrogens (primary N) is 1. The molecule has 0 radical (unpaired) electrons. The predicted octanol–water partition coefficient (Wildman–Crippen LogP) is 17.0. The number of fused-ring (bicyclic) bond motifs is 20. The van der Waals surface area contributed by atoms with Gasteiger partial charge in [0.15, 0.2) is 10.3 Å². The molecule has 4 aromatic heterocycles. The maximum absolute atomic E-state index is 10.7. The largest absolute Gasteiger partial charge is 0.487 e. The summed E-state index contributed by atoms with van der Waals surface area (Å²) in [6.07, 6.45) is 7.66. The fourth-order valence-electron chi connectivity index (χ4n) is 14.4. The maximum atomic E-state index is 10.7. The monoisotopic (exact) mass is 1260 g/mol. The van der Waals surface area contributed by atoms with E-state index in [9.17, 15) is 19.2 Å². The van der Waals surface area contributed by atoms with Crippen LogP contribution in [0.1, 0.15) is 130 Å². The van der Waals surface area contributed by atoms with Gasteiger partial charge in [0.1, 0.15) is 22.7 Å². The minimum atomic E-state index is -0.659. The third kappa shape index (κ3) is 12.1. The number of carbonyl (C=O) groups is 4. The Morgan fingerprint density at radius 2 is 0.891 bits per heavy atom. The van der Waals surface area contributed by atoms with E-state index in [2.05, 4.69) is 134 Å². The molecule has 92 heavy (non-hydrogen) atoms. The van der Waals surface area contributed by atoms with Gasteiger partial charge in [0.25, 0.3) is 11.8 Å². The molecule has 16 nitrogen and oxygen atoms in total. The molecular formula is C74H73N9O7S2. The number of nitrogens with zero attached hydrogens (tertiary/aromatic N) is 7. The summed E-state index contributed by atoms with van der Waals surface area (Å²) in [5.41, 5.74) is 17.6. The molecule has 17 rings (SSSR count). The molecule has 3 amide bonds. The molecule has 8 aromatic carbocycles. The predicted molar refractivity (Wildman–Crippen MR) is 368 cm³/mol. The van der Waals surface area contributed by atoms with Crippen LogP contribution in [0.2, 0.25) is 0 Å². The molecule has 3 aliphatic heterocycles. The van der Waals surface area contributed by atoms with Crippen LogP contribution in [0, 0.1) is 23.7 Å². The Balaban J connectivity index is 0.000000113. The summed E-state index contributed by atoms with van der Waals surface area (Å²) in [6, 6.07) is 49.2. The van der Waals surface area contributed by atoms with Crippen LogP contribution < -0.4 is 20.5 Å². The van der Waals surface area contributed by atoms with Crippen molar-refractivity contribution < 1.29 is 33.5 Å². The number of nitrogens with one attached hydrogen (secondary N) is 1. The van der Waals surface area contributed by atoms with Crippen LogP contribution >= 0.6 is 22.7 Å². The van der Waals surface area contributed by atoms with E-state index in [4.69, 9.17) is 35.1 Å². The zero-order valence-corrected chi connectivity index (χ0v) is 54.5. The van der Waals surface area contributed by atoms with E-state index in [0.717, 1.165) is 106 Å². The van der Waals surface area contributed by atoms with Gasteiger partial charge in [-0.2, -0.15) is 0 Å². The molecule has 0 bridgehead atoms. The number of thiazole rings is 2. The van der Waals surface area contributed by atoms with Crippen molar-refractivity contribution >= 4 is 143 Å². The molecular weight excluding hydrogens is 1190 g/mol.